The SMILES string of the molecule is O=C(O)[C@H]1Cc2ccccc2CN1C(=O)c1cc(N2CCNC2=O)ccc1Cl. The van der Waals surface area contributed by atoms with Crippen molar-refractivity contribution in [1.29, 1.82) is 0 Å². The minimum absolute atomic E-state index is 0.185. The van der Waals surface area contributed by atoms with Crippen LogP contribution < -0.4 is 10.2 Å². The smallest absolute Gasteiger partial charge is 0.326 e. The number of carboxylic acids is 1. The topological polar surface area (TPSA) is 89.9 Å². The molecule has 144 valence electrons. The zero-order chi connectivity index (χ0) is 19.8. The Labute approximate surface area is 166 Å². The van der Waals surface area contributed by atoms with E-state index in [1.165, 1.54) is 9.80 Å². The van der Waals surface area contributed by atoms with Gasteiger partial charge in [-0.1, -0.05) is 35.9 Å². The average molecular weight is 400 g/mol. The number of hydrogen-bond donors (Lipinski definition) is 2. The lowest BCUT2D eigenvalue weighted by Gasteiger charge is -2.34. The number of nitrogens with one attached hydrogen (secondary N) is 1. The molecule has 8 heteroatoms. The van der Waals surface area contributed by atoms with Crippen molar-refractivity contribution in [2.75, 3.05) is 18.0 Å². The third kappa shape index (κ3) is 3.18. The molecular formula is C20H18ClN3O4. The molecule has 2 heterocycles. The number of rotatable bonds is 3. The van der Waals surface area contributed by atoms with Crippen LogP contribution in [0.2, 0.25) is 5.02 Å². The molecule has 28 heavy (non-hydrogen) atoms. The van der Waals surface area contributed by atoms with Crippen molar-refractivity contribution in [3.05, 3.63) is 64.2 Å². The van der Waals surface area contributed by atoms with E-state index in [9.17, 15) is 19.5 Å². The molecule has 3 amide bonds. The van der Waals surface area contributed by atoms with E-state index in [4.69, 9.17) is 11.6 Å². The Morgan fingerprint density at radius 1 is 1.14 bits per heavy atom. The standard InChI is InChI=1S/C20H18ClN3O4/c21-16-6-5-14(23-8-7-22-20(23)28)10-15(16)18(25)24-11-13-4-2-1-3-12(13)9-17(24)19(26)27/h1-6,10,17H,7-9,11H2,(H,22,28)(H,26,27)/t17-/m1/s1. The van der Waals surface area contributed by atoms with E-state index < -0.39 is 17.9 Å². The molecule has 0 radical (unpaired) electrons. The van der Waals surface area contributed by atoms with E-state index in [2.05, 4.69) is 5.32 Å². The first-order chi connectivity index (χ1) is 13.5. The highest BCUT2D eigenvalue weighted by Gasteiger charge is 2.36. The van der Waals surface area contributed by atoms with Crippen molar-refractivity contribution in [2.24, 2.45) is 0 Å². The van der Waals surface area contributed by atoms with Gasteiger partial charge < -0.3 is 15.3 Å². The lowest BCUT2D eigenvalue weighted by Crippen LogP contribution is -2.48. The zero-order valence-electron chi connectivity index (χ0n) is 14.9. The number of nitrogens with zero attached hydrogens (tertiary/aromatic N) is 2. The van der Waals surface area contributed by atoms with Gasteiger partial charge in [0.25, 0.3) is 5.91 Å². The summed E-state index contributed by atoms with van der Waals surface area (Å²) in [6, 6.07) is 11.1. The predicted octanol–water partition coefficient (Wildman–Crippen LogP) is 2.52. The summed E-state index contributed by atoms with van der Waals surface area (Å²) < 4.78 is 0. The number of anilines is 1. The second-order valence-electron chi connectivity index (χ2n) is 6.81. The maximum Gasteiger partial charge on any atom is 0.326 e. The van der Waals surface area contributed by atoms with Crippen molar-refractivity contribution in [3.8, 4) is 0 Å². The van der Waals surface area contributed by atoms with Gasteiger partial charge in [-0.15, -0.1) is 0 Å². The monoisotopic (exact) mass is 399 g/mol. The summed E-state index contributed by atoms with van der Waals surface area (Å²) in [5, 5.41) is 12.6. The van der Waals surface area contributed by atoms with Gasteiger partial charge in [-0.25, -0.2) is 9.59 Å². The van der Waals surface area contributed by atoms with Gasteiger partial charge in [-0.3, -0.25) is 9.69 Å². The summed E-state index contributed by atoms with van der Waals surface area (Å²) in [4.78, 5) is 39.9. The second-order valence-corrected chi connectivity index (χ2v) is 7.21. The summed E-state index contributed by atoms with van der Waals surface area (Å²) >= 11 is 6.27. The van der Waals surface area contributed by atoms with Crippen molar-refractivity contribution in [3.63, 3.8) is 0 Å². The highest BCUT2D eigenvalue weighted by Crippen LogP contribution is 2.30. The number of benzene rings is 2. The molecular weight excluding hydrogens is 382 g/mol. The van der Waals surface area contributed by atoms with Gasteiger partial charge in [0.2, 0.25) is 0 Å². The van der Waals surface area contributed by atoms with Crippen molar-refractivity contribution in [2.45, 2.75) is 19.0 Å². The molecule has 2 aliphatic heterocycles. The fourth-order valence-electron chi connectivity index (χ4n) is 3.67. The van der Waals surface area contributed by atoms with E-state index in [0.29, 0.717) is 18.8 Å². The number of hydrogen-bond acceptors (Lipinski definition) is 3. The van der Waals surface area contributed by atoms with Crippen LogP contribution in [0.25, 0.3) is 0 Å². The first-order valence-electron chi connectivity index (χ1n) is 8.91. The van der Waals surface area contributed by atoms with Crippen LogP contribution in [0.5, 0.6) is 0 Å². The Balaban J connectivity index is 1.70. The van der Waals surface area contributed by atoms with Crippen LogP contribution in [0.3, 0.4) is 0 Å². The molecule has 2 aromatic carbocycles. The number of amides is 3. The summed E-state index contributed by atoms with van der Waals surface area (Å²) in [6.07, 6.45) is 0.239. The number of aliphatic carboxylic acids is 1. The fourth-order valence-corrected chi connectivity index (χ4v) is 3.87. The maximum atomic E-state index is 13.3. The first kappa shape index (κ1) is 18.3. The molecule has 4 rings (SSSR count). The Bertz CT molecular complexity index is 978. The molecule has 7 nitrogen and oxygen atoms in total. The summed E-state index contributed by atoms with van der Waals surface area (Å²) in [5.74, 6) is -1.53. The fraction of sp³-hybridized carbons (Fsp3) is 0.250. The normalized spacial score (nSPS) is 18.6. The Kier molecular flexibility index (Phi) is 4.68. The molecule has 1 saturated heterocycles. The van der Waals surface area contributed by atoms with Crippen LogP contribution in [-0.2, 0) is 17.8 Å². The maximum absolute atomic E-state index is 13.3. The van der Waals surface area contributed by atoms with Gasteiger partial charge >= 0.3 is 12.0 Å². The number of fused-ring (bicyclic) bond motifs is 1. The Hall–Kier alpha value is -3.06. The molecule has 1 atom stereocenters. The van der Waals surface area contributed by atoms with E-state index >= 15 is 0 Å². The van der Waals surface area contributed by atoms with Gasteiger partial charge in [0.1, 0.15) is 6.04 Å². The van der Waals surface area contributed by atoms with Crippen molar-refractivity contribution >= 4 is 35.2 Å². The lowest BCUT2D eigenvalue weighted by molar-refractivity contribution is -0.142. The lowest BCUT2D eigenvalue weighted by atomic mass is 9.93. The minimum Gasteiger partial charge on any atom is -0.480 e. The second kappa shape index (κ2) is 7.16. The quantitative estimate of drug-likeness (QED) is 0.829. The number of urea groups is 1. The highest BCUT2D eigenvalue weighted by atomic mass is 35.5. The molecule has 2 N–H and O–H groups in total. The molecule has 2 aromatic rings. The Morgan fingerprint density at radius 3 is 2.57 bits per heavy atom. The summed E-state index contributed by atoms with van der Waals surface area (Å²) in [6.45, 7) is 1.20. The summed E-state index contributed by atoms with van der Waals surface area (Å²) in [7, 11) is 0. The highest BCUT2D eigenvalue weighted by molar-refractivity contribution is 6.34. The van der Waals surface area contributed by atoms with E-state index in [-0.39, 0.29) is 29.6 Å². The number of carbonyl (C=O) groups excluding carboxylic acids is 2. The van der Waals surface area contributed by atoms with E-state index in [0.717, 1.165) is 11.1 Å². The van der Waals surface area contributed by atoms with Gasteiger partial charge in [-0.2, -0.15) is 0 Å². The first-order valence-corrected chi connectivity index (χ1v) is 9.29. The van der Waals surface area contributed by atoms with Crippen LogP contribution in [0.15, 0.2) is 42.5 Å². The molecule has 1 fully saturated rings. The van der Waals surface area contributed by atoms with Gasteiger partial charge in [-0.05, 0) is 29.3 Å². The zero-order valence-corrected chi connectivity index (χ0v) is 15.6. The largest absolute Gasteiger partial charge is 0.480 e. The average Bonchev–Trinajstić information content (AvgIpc) is 3.12. The van der Waals surface area contributed by atoms with Crippen molar-refractivity contribution < 1.29 is 19.5 Å². The van der Waals surface area contributed by atoms with Crippen LogP contribution >= 0.6 is 11.6 Å². The van der Waals surface area contributed by atoms with E-state index in [1.807, 2.05) is 24.3 Å². The number of carbonyl (C=O) groups is 3. The van der Waals surface area contributed by atoms with Crippen LogP contribution in [0, 0.1) is 0 Å². The Morgan fingerprint density at radius 2 is 1.89 bits per heavy atom. The molecule has 0 aromatic heterocycles. The van der Waals surface area contributed by atoms with Gasteiger partial charge in [0, 0.05) is 31.7 Å². The molecule has 0 aliphatic carbocycles. The minimum atomic E-state index is -1.06. The predicted molar refractivity (Wildman–Crippen MR) is 104 cm³/mol. The van der Waals surface area contributed by atoms with Crippen LogP contribution in [0.1, 0.15) is 21.5 Å². The molecule has 0 bridgehead atoms. The molecule has 0 unspecified atom stereocenters. The van der Waals surface area contributed by atoms with Crippen LogP contribution in [-0.4, -0.2) is 47.0 Å². The third-order valence-electron chi connectivity index (χ3n) is 5.14. The van der Waals surface area contributed by atoms with Crippen LogP contribution in [0.4, 0.5) is 10.5 Å². The summed E-state index contributed by atoms with van der Waals surface area (Å²) in [5.41, 5.74) is 2.57. The van der Waals surface area contributed by atoms with Gasteiger partial charge in [0.15, 0.2) is 0 Å². The third-order valence-corrected chi connectivity index (χ3v) is 5.47. The number of carboxylic acid groups (broad SMARTS) is 1. The molecule has 0 saturated carbocycles. The van der Waals surface area contributed by atoms with E-state index in [1.54, 1.807) is 18.2 Å². The molecule has 2 aliphatic rings. The van der Waals surface area contributed by atoms with Crippen molar-refractivity contribution in [1.82, 2.24) is 10.2 Å². The molecule has 0 spiro atoms. The number of halogens is 1. The van der Waals surface area contributed by atoms with Gasteiger partial charge in [0.05, 0.1) is 10.6 Å².